The summed E-state index contributed by atoms with van der Waals surface area (Å²) in [5, 5.41) is 4.36. The number of fused-ring (bicyclic) bond motifs is 1. The molecule has 1 N–H and O–H groups in total. The van der Waals surface area contributed by atoms with Crippen LogP contribution in [0.3, 0.4) is 0 Å². The van der Waals surface area contributed by atoms with Crippen molar-refractivity contribution in [2.24, 2.45) is 0 Å². The third kappa shape index (κ3) is 2.07. The maximum absolute atomic E-state index is 13.8. The van der Waals surface area contributed by atoms with Crippen LogP contribution in [0.2, 0.25) is 0 Å². The predicted molar refractivity (Wildman–Crippen MR) is 65.6 cm³/mol. The summed E-state index contributed by atoms with van der Waals surface area (Å²) < 4.78 is 19.1. The zero-order valence-electron chi connectivity index (χ0n) is 9.92. The summed E-state index contributed by atoms with van der Waals surface area (Å²) in [5.41, 5.74) is 2.12. The van der Waals surface area contributed by atoms with E-state index in [4.69, 9.17) is 4.42 Å². The van der Waals surface area contributed by atoms with Gasteiger partial charge < -0.3 is 9.73 Å². The lowest BCUT2D eigenvalue weighted by atomic mass is 10.1. The van der Waals surface area contributed by atoms with Gasteiger partial charge >= 0.3 is 0 Å². The van der Waals surface area contributed by atoms with Gasteiger partial charge in [0.15, 0.2) is 11.4 Å². The normalized spacial score (nSPS) is 15.6. The van der Waals surface area contributed by atoms with Crippen LogP contribution < -0.4 is 5.32 Å². The molecule has 2 aromatic rings. The monoisotopic (exact) mass is 233 g/mol. The molecule has 0 saturated heterocycles. The van der Waals surface area contributed by atoms with E-state index in [1.165, 1.54) is 12.8 Å². The van der Waals surface area contributed by atoms with E-state index in [0.29, 0.717) is 17.2 Å². The van der Waals surface area contributed by atoms with Crippen molar-refractivity contribution >= 4 is 11.0 Å². The third-order valence-corrected chi connectivity index (χ3v) is 3.36. The minimum absolute atomic E-state index is 0.232. The molecular weight excluding hydrogens is 217 g/mol. The van der Waals surface area contributed by atoms with Gasteiger partial charge in [-0.05, 0) is 43.9 Å². The summed E-state index contributed by atoms with van der Waals surface area (Å²) in [6, 6.07) is 4.47. The molecule has 17 heavy (non-hydrogen) atoms. The highest BCUT2D eigenvalue weighted by Gasteiger charge is 2.20. The largest absolute Gasteiger partial charge is 0.461 e. The first-order valence-electron chi connectivity index (χ1n) is 6.14. The molecule has 0 amide bonds. The average molecular weight is 233 g/mol. The van der Waals surface area contributed by atoms with E-state index in [9.17, 15) is 4.39 Å². The minimum Gasteiger partial charge on any atom is -0.461 e. The predicted octanol–water partition coefficient (Wildman–Crippen LogP) is 3.17. The smallest absolute Gasteiger partial charge is 0.170 e. The van der Waals surface area contributed by atoms with Crippen LogP contribution in [0.1, 0.15) is 24.0 Å². The third-order valence-electron chi connectivity index (χ3n) is 3.36. The highest BCUT2D eigenvalue weighted by Crippen LogP contribution is 2.26. The van der Waals surface area contributed by atoms with Crippen LogP contribution in [-0.4, -0.2) is 12.6 Å². The minimum atomic E-state index is -0.232. The molecule has 90 valence electrons. The van der Waals surface area contributed by atoms with Crippen molar-refractivity contribution in [2.75, 3.05) is 6.54 Å². The van der Waals surface area contributed by atoms with E-state index in [1.807, 2.05) is 12.1 Å². The molecule has 3 heteroatoms. The lowest BCUT2D eigenvalue weighted by molar-refractivity contribution is 0.553. The summed E-state index contributed by atoms with van der Waals surface area (Å²) in [4.78, 5) is 0. The number of furan rings is 1. The Bertz CT molecular complexity index is 542. The highest BCUT2D eigenvalue weighted by molar-refractivity contribution is 5.82. The van der Waals surface area contributed by atoms with Crippen LogP contribution in [0.15, 0.2) is 22.8 Å². The van der Waals surface area contributed by atoms with Crippen molar-refractivity contribution in [3.8, 4) is 0 Å². The average Bonchev–Trinajstić information content (AvgIpc) is 3.04. The molecule has 0 aliphatic heterocycles. The quantitative estimate of drug-likeness (QED) is 0.877. The summed E-state index contributed by atoms with van der Waals surface area (Å²) in [5.74, 6) is -0.232. The molecule has 1 aliphatic rings. The molecule has 3 rings (SSSR count). The van der Waals surface area contributed by atoms with Crippen LogP contribution in [0.5, 0.6) is 0 Å². The number of nitrogens with one attached hydrogen (secondary N) is 1. The van der Waals surface area contributed by atoms with E-state index in [-0.39, 0.29) is 5.82 Å². The maximum Gasteiger partial charge on any atom is 0.170 e. The Morgan fingerprint density at radius 1 is 1.41 bits per heavy atom. The number of halogens is 1. The first-order chi connectivity index (χ1) is 8.25. The van der Waals surface area contributed by atoms with E-state index in [0.717, 1.165) is 23.9 Å². The zero-order chi connectivity index (χ0) is 11.8. The Balaban J connectivity index is 1.81. The van der Waals surface area contributed by atoms with E-state index in [1.54, 1.807) is 13.2 Å². The number of aryl methyl sites for hydroxylation is 1. The number of rotatable bonds is 4. The van der Waals surface area contributed by atoms with Crippen molar-refractivity contribution in [2.45, 2.75) is 32.2 Å². The van der Waals surface area contributed by atoms with Gasteiger partial charge in [0.2, 0.25) is 0 Å². The second-order valence-electron chi connectivity index (χ2n) is 4.81. The summed E-state index contributed by atoms with van der Waals surface area (Å²) >= 11 is 0. The Labute approximate surface area is 99.8 Å². The number of hydrogen-bond donors (Lipinski definition) is 1. The molecule has 0 atom stereocenters. The van der Waals surface area contributed by atoms with Crippen molar-refractivity contribution in [1.29, 1.82) is 0 Å². The summed E-state index contributed by atoms with van der Waals surface area (Å²) in [6.45, 7) is 2.69. The Hall–Kier alpha value is -1.35. The molecule has 1 saturated carbocycles. The lowest BCUT2D eigenvalue weighted by Crippen LogP contribution is -2.19. The molecule has 0 unspecified atom stereocenters. The molecule has 0 bridgehead atoms. The van der Waals surface area contributed by atoms with Crippen molar-refractivity contribution in [3.63, 3.8) is 0 Å². The van der Waals surface area contributed by atoms with Gasteiger partial charge in [-0.1, -0.05) is 12.1 Å². The topological polar surface area (TPSA) is 25.2 Å². The van der Waals surface area contributed by atoms with E-state index in [2.05, 4.69) is 5.32 Å². The number of benzene rings is 1. The maximum atomic E-state index is 13.8. The molecular formula is C14H16FNO. The summed E-state index contributed by atoms with van der Waals surface area (Å²) in [7, 11) is 0. The molecule has 1 fully saturated rings. The SMILES string of the molecule is Cc1ccc2c(CCNC3CC3)coc2c1F. The fraction of sp³-hybridized carbons (Fsp3) is 0.429. The number of hydrogen-bond acceptors (Lipinski definition) is 2. The van der Waals surface area contributed by atoms with Crippen LogP contribution in [0.25, 0.3) is 11.0 Å². The van der Waals surface area contributed by atoms with Gasteiger partial charge in [0.05, 0.1) is 6.26 Å². The Kier molecular flexibility index (Phi) is 2.63. The van der Waals surface area contributed by atoms with Gasteiger partial charge in [-0.2, -0.15) is 0 Å². The van der Waals surface area contributed by atoms with Gasteiger partial charge in [-0.25, -0.2) is 4.39 Å². The standard InChI is InChI=1S/C14H16FNO/c1-9-2-5-12-10(6-7-16-11-3-4-11)8-17-14(12)13(9)15/h2,5,8,11,16H,3-4,6-7H2,1H3. The van der Waals surface area contributed by atoms with Crippen molar-refractivity contribution < 1.29 is 8.81 Å². The van der Waals surface area contributed by atoms with Crippen molar-refractivity contribution in [1.82, 2.24) is 5.32 Å². The first kappa shape index (κ1) is 10.8. The van der Waals surface area contributed by atoms with Gasteiger partial charge in [0.1, 0.15) is 0 Å². The second kappa shape index (κ2) is 4.15. The molecule has 1 aliphatic carbocycles. The van der Waals surface area contributed by atoms with E-state index >= 15 is 0 Å². The van der Waals surface area contributed by atoms with Crippen LogP contribution >= 0.6 is 0 Å². The lowest BCUT2D eigenvalue weighted by Gasteiger charge is -2.01. The summed E-state index contributed by atoms with van der Waals surface area (Å²) in [6.07, 6.45) is 5.16. The molecule has 1 heterocycles. The first-order valence-corrected chi connectivity index (χ1v) is 6.14. The molecule has 0 spiro atoms. The van der Waals surface area contributed by atoms with Gasteiger partial charge in [-0.3, -0.25) is 0 Å². The molecule has 0 radical (unpaired) electrons. The molecule has 1 aromatic carbocycles. The van der Waals surface area contributed by atoms with E-state index < -0.39 is 0 Å². The fourth-order valence-electron chi connectivity index (χ4n) is 2.11. The van der Waals surface area contributed by atoms with Gasteiger partial charge in [0, 0.05) is 11.4 Å². The van der Waals surface area contributed by atoms with Crippen molar-refractivity contribution in [3.05, 3.63) is 35.3 Å². The Morgan fingerprint density at radius 2 is 2.24 bits per heavy atom. The Morgan fingerprint density at radius 3 is 3.00 bits per heavy atom. The molecule has 2 nitrogen and oxygen atoms in total. The second-order valence-corrected chi connectivity index (χ2v) is 4.81. The van der Waals surface area contributed by atoms with Crippen LogP contribution in [0.4, 0.5) is 4.39 Å². The highest BCUT2D eigenvalue weighted by atomic mass is 19.1. The molecule has 1 aromatic heterocycles. The van der Waals surface area contributed by atoms with Crippen LogP contribution in [0, 0.1) is 12.7 Å². The fourth-order valence-corrected chi connectivity index (χ4v) is 2.11. The van der Waals surface area contributed by atoms with Gasteiger partial charge in [0.25, 0.3) is 0 Å². The van der Waals surface area contributed by atoms with Gasteiger partial charge in [-0.15, -0.1) is 0 Å². The zero-order valence-corrected chi connectivity index (χ0v) is 9.92. The van der Waals surface area contributed by atoms with Crippen LogP contribution in [-0.2, 0) is 6.42 Å².